The van der Waals surface area contributed by atoms with Gasteiger partial charge in [0.25, 0.3) is 5.91 Å². The second-order valence-electron chi connectivity index (χ2n) is 6.03. The Kier molecular flexibility index (Phi) is 3.79. The van der Waals surface area contributed by atoms with Gasteiger partial charge in [0.1, 0.15) is 17.7 Å². The van der Waals surface area contributed by atoms with E-state index in [1.807, 2.05) is 40.3 Å². The summed E-state index contributed by atoms with van der Waals surface area (Å²) in [6.07, 6.45) is 4.11. The molecular formula is C17H19N7O. The molecule has 1 aliphatic heterocycles. The zero-order valence-corrected chi connectivity index (χ0v) is 14.3. The molecule has 3 aromatic rings. The average Bonchev–Trinajstić information content (AvgIpc) is 3.25. The van der Waals surface area contributed by atoms with Gasteiger partial charge in [-0.2, -0.15) is 5.10 Å². The van der Waals surface area contributed by atoms with Crippen molar-refractivity contribution in [2.75, 3.05) is 6.54 Å². The van der Waals surface area contributed by atoms with Gasteiger partial charge in [-0.25, -0.2) is 0 Å². The van der Waals surface area contributed by atoms with E-state index in [9.17, 15) is 4.79 Å². The monoisotopic (exact) mass is 337 g/mol. The number of carbonyl (C=O) groups is 1. The minimum Gasteiger partial charge on any atom is -0.332 e. The Morgan fingerprint density at radius 3 is 2.96 bits per heavy atom. The Morgan fingerprint density at radius 1 is 1.32 bits per heavy atom. The van der Waals surface area contributed by atoms with Crippen molar-refractivity contribution in [2.45, 2.75) is 26.4 Å². The van der Waals surface area contributed by atoms with Crippen LogP contribution in [0.5, 0.6) is 0 Å². The number of amides is 1. The zero-order valence-electron chi connectivity index (χ0n) is 14.3. The molecule has 3 aromatic heterocycles. The second-order valence-corrected chi connectivity index (χ2v) is 6.03. The van der Waals surface area contributed by atoms with Gasteiger partial charge in [-0.1, -0.05) is 6.07 Å². The average molecular weight is 337 g/mol. The third kappa shape index (κ3) is 2.59. The van der Waals surface area contributed by atoms with E-state index in [1.54, 1.807) is 18.6 Å². The number of fused-ring (bicyclic) bond motifs is 1. The van der Waals surface area contributed by atoms with Gasteiger partial charge < -0.3 is 9.47 Å². The maximum Gasteiger partial charge on any atom is 0.272 e. The lowest BCUT2D eigenvalue weighted by Crippen LogP contribution is -2.36. The predicted octanol–water partition coefficient (Wildman–Crippen LogP) is 1.29. The number of hydrogen-bond acceptors (Lipinski definition) is 5. The highest BCUT2D eigenvalue weighted by atomic mass is 16.2. The summed E-state index contributed by atoms with van der Waals surface area (Å²) in [5.41, 5.74) is 3.45. The van der Waals surface area contributed by atoms with Crippen LogP contribution in [0.4, 0.5) is 0 Å². The number of pyridine rings is 1. The fourth-order valence-corrected chi connectivity index (χ4v) is 3.27. The first-order chi connectivity index (χ1) is 12.2. The summed E-state index contributed by atoms with van der Waals surface area (Å²) in [7, 11) is 1.94. The van der Waals surface area contributed by atoms with Crippen LogP contribution in [0.1, 0.15) is 28.7 Å². The van der Waals surface area contributed by atoms with Crippen molar-refractivity contribution < 1.29 is 4.79 Å². The van der Waals surface area contributed by atoms with Crippen LogP contribution in [-0.4, -0.2) is 46.9 Å². The summed E-state index contributed by atoms with van der Waals surface area (Å²) in [5.74, 6) is 0.685. The first kappa shape index (κ1) is 15.5. The van der Waals surface area contributed by atoms with E-state index >= 15 is 0 Å². The fraction of sp³-hybridized carbons (Fsp3) is 0.353. The van der Waals surface area contributed by atoms with Crippen LogP contribution in [0, 0.1) is 0 Å². The molecule has 0 N–H and O–H groups in total. The first-order valence-electron chi connectivity index (χ1n) is 8.32. The molecule has 0 bridgehead atoms. The number of hydrogen-bond donors (Lipinski definition) is 0. The van der Waals surface area contributed by atoms with Crippen LogP contribution in [0.3, 0.4) is 0 Å². The molecule has 0 aliphatic carbocycles. The third-order valence-corrected chi connectivity index (χ3v) is 4.58. The summed E-state index contributed by atoms with van der Waals surface area (Å²) in [6, 6.07) is 5.38. The van der Waals surface area contributed by atoms with Gasteiger partial charge in [0.2, 0.25) is 0 Å². The van der Waals surface area contributed by atoms with Crippen molar-refractivity contribution in [2.24, 2.45) is 7.05 Å². The van der Waals surface area contributed by atoms with Crippen LogP contribution >= 0.6 is 0 Å². The highest BCUT2D eigenvalue weighted by Gasteiger charge is 2.29. The molecule has 0 spiro atoms. The Hall–Kier alpha value is -3.03. The molecule has 8 nitrogen and oxygen atoms in total. The minimum absolute atomic E-state index is 0.0574. The molecule has 0 saturated heterocycles. The summed E-state index contributed by atoms with van der Waals surface area (Å²) in [6.45, 7) is 3.97. The SMILES string of the molecule is CCn1cnnc1-c1nn(C)c2c1CN(C(=O)c1ccccn1)CC2. The number of rotatable bonds is 3. The second kappa shape index (κ2) is 6.12. The molecule has 0 radical (unpaired) electrons. The number of aryl methyl sites for hydroxylation is 2. The molecule has 0 aromatic carbocycles. The summed E-state index contributed by atoms with van der Waals surface area (Å²) in [5, 5.41) is 12.9. The summed E-state index contributed by atoms with van der Waals surface area (Å²) >= 11 is 0. The quantitative estimate of drug-likeness (QED) is 0.719. The van der Waals surface area contributed by atoms with E-state index < -0.39 is 0 Å². The largest absolute Gasteiger partial charge is 0.332 e. The van der Waals surface area contributed by atoms with Crippen LogP contribution < -0.4 is 0 Å². The van der Waals surface area contributed by atoms with E-state index in [0.29, 0.717) is 18.8 Å². The highest BCUT2D eigenvalue weighted by molar-refractivity contribution is 5.92. The molecule has 128 valence electrons. The molecule has 1 amide bonds. The fourth-order valence-electron chi connectivity index (χ4n) is 3.27. The maximum atomic E-state index is 12.7. The van der Waals surface area contributed by atoms with Crippen LogP contribution in [0.25, 0.3) is 11.5 Å². The van der Waals surface area contributed by atoms with Gasteiger partial charge in [0, 0.05) is 44.0 Å². The van der Waals surface area contributed by atoms with Crippen molar-refractivity contribution in [1.29, 1.82) is 0 Å². The lowest BCUT2D eigenvalue weighted by molar-refractivity contribution is 0.0727. The number of carbonyl (C=O) groups excluding carboxylic acids is 1. The van der Waals surface area contributed by atoms with E-state index in [4.69, 9.17) is 0 Å². The number of aromatic nitrogens is 6. The van der Waals surface area contributed by atoms with E-state index in [1.165, 1.54) is 0 Å². The van der Waals surface area contributed by atoms with Gasteiger partial charge in [-0.05, 0) is 19.1 Å². The van der Waals surface area contributed by atoms with Gasteiger partial charge in [-0.3, -0.25) is 14.5 Å². The first-order valence-corrected chi connectivity index (χ1v) is 8.32. The van der Waals surface area contributed by atoms with E-state index in [-0.39, 0.29) is 5.91 Å². The summed E-state index contributed by atoms with van der Waals surface area (Å²) < 4.78 is 3.85. The molecule has 0 fully saturated rings. The Morgan fingerprint density at radius 2 is 2.20 bits per heavy atom. The van der Waals surface area contributed by atoms with Gasteiger partial charge >= 0.3 is 0 Å². The molecule has 0 unspecified atom stereocenters. The molecular weight excluding hydrogens is 318 g/mol. The normalized spacial score (nSPS) is 13.8. The van der Waals surface area contributed by atoms with Crippen molar-refractivity contribution in [3.8, 4) is 11.5 Å². The molecule has 0 saturated carbocycles. The Bertz CT molecular complexity index is 912. The lowest BCUT2D eigenvalue weighted by atomic mass is 10.0. The van der Waals surface area contributed by atoms with Crippen molar-refractivity contribution >= 4 is 5.91 Å². The van der Waals surface area contributed by atoms with E-state index in [2.05, 4.69) is 20.3 Å². The maximum absolute atomic E-state index is 12.7. The number of nitrogens with zero attached hydrogens (tertiary/aromatic N) is 7. The van der Waals surface area contributed by atoms with Crippen molar-refractivity contribution in [3.63, 3.8) is 0 Å². The molecule has 25 heavy (non-hydrogen) atoms. The molecule has 0 atom stereocenters. The minimum atomic E-state index is -0.0574. The van der Waals surface area contributed by atoms with Crippen molar-refractivity contribution in [1.82, 2.24) is 34.4 Å². The molecule has 8 heteroatoms. The smallest absolute Gasteiger partial charge is 0.272 e. The Labute approximate surface area is 145 Å². The molecule has 4 rings (SSSR count). The lowest BCUT2D eigenvalue weighted by Gasteiger charge is -2.27. The van der Waals surface area contributed by atoms with Crippen molar-refractivity contribution in [3.05, 3.63) is 47.7 Å². The molecule has 1 aliphatic rings. The van der Waals surface area contributed by atoms with Crippen LogP contribution in [0.2, 0.25) is 0 Å². The van der Waals surface area contributed by atoms with Crippen LogP contribution in [-0.2, 0) is 26.6 Å². The van der Waals surface area contributed by atoms with Crippen LogP contribution in [0.15, 0.2) is 30.7 Å². The van der Waals surface area contributed by atoms with Gasteiger partial charge in [-0.15, -0.1) is 10.2 Å². The van der Waals surface area contributed by atoms with E-state index in [0.717, 1.165) is 35.7 Å². The molecule has 4 heterocycles. The Balaban J connectivity index is 1.70. The zero-order chi connectivity index (χ0) is 17.4. The highest BCUT2D eigenvalue weighted by Crippen LogP contribution is 2.29. The standard InChI is InChI=1S/C17H19N7O/c1-3-23-11-19-20-16(23)15-12-10-24(9-7-14(12)22(2)21-15)17(25)13-6-4-5-8-18-13/h4-6,8,11H,3,7,9-10H2,1-2H3. The predicted molar refractivity (Wildman–Crippen MR) is 90.6 cm³/mol. The summed E-state index contributed by atoms with van der Waals surface area (Å²) in [4.78, 5) is 18.7. The van der Waals surface area contributed by atoms with Gasteiger partial charge in [0.05, 0.1) is 6.54 Å². The third-order valence-electron chi connectivity index (χ3n) is 4.58. The topological polar surface area (TPSA) is 81.7 Å². The van der Waals surface area contributed by atoms with Gasteiger partial charge in [0.15, 0.2) is 5.82 Å².